The Balaban J connectivity index is 1.80. The number of rotatable bonds is 6. The summed E-state index contributed by atoms with van der Waals surface area (Å²) in [5.74, 6) is -0.320. The van der Waals surface area contributed by atoms with Crippen molar-refractivity contribution in [2.75, 3.05) is 7.05 Å². The first-order valence-electron chi connectivity index (χ1n) is 8.75. The first-order valence-corrected chi connectivity index (χ1v) is 9.13. The van der Waals surface area contributed by atoms with Crippen molar-refractivity contribution in [3.8, 4) is 0 Å². The van der Waals surface area contributed by atoms with Gasteiger partial charge in [-0.2, -0.15) is 23.4 Å². The molecule has 0 bridgehead atoms. The van der Waals surface area contributed by atoms with Crippen LogP contribution in [0.15, 0.2) is 12.3 Å². The molecule has 1 unspecified atom stereocenters. The fraction of sp³-hybridized carbons (Fsp3) is 0.588. The highest BCUT2D eigenvalue weighted by Gasteiger charge is 2.39. The van der Waals surface area contributed by atoms with E-state index in [9.17, 15) is 18.0 Å². The molecule has 1 aliphatic rings. The van der Waals surface area contributed by atoms with Gasteiger partial charge in [0.1, 0.15) is 11.7 Å². The van der Waals surface area contributed by atoms with Gasteiger partial charge in [-0.15, -0.1) is 0 Å². The Labute approximate surface area is 159 Å². The number of carbonyl (C=O) groups excluding carboxylic acids is 1. The fourth-order valence-corrected chi connectivity index (χ4v) is 3.18. The molecule has 2 aromatic rings. The number of aryl methyl sites for hydroxylation is 1. The molecule has 2 aromatic heterocycles. The van der Waals surface area contributed by atoms with Crippen LogP contribution in [0.3, 0.4) is 0 Å². The van der Waals surface area contributed by atoms with E-state index in [2.05, 4.69) is 10.2 Å². The van der Waals surface area contributed by atoms with Gasteiger partial charge in [0.25, 0.3) is 0 Å². The number of aromatic nitrogens is 4. The molecule has 0 N–H and O–H groups in total. The number of carbonyl (C=O) groups is 1. The van der Waals surface area contributed by atoms with Crippen LogP contribution in [-0.2, 0) is 24.1 Å². The summed E-state index contributed by atoms with van der Waals surface area (Å²) in [6.07, 6.45) is -1.25. The molecule has 0 aromatic carbocycles. The van der Waals surface area contributed by atoms with Crippen LogP contribution in [0.1, 0.15) is 55.7 Å². The van der Waals surface area contributed by atoms with Crippen LogP contribution in [0.2, 0.25) is 5.02 Å². The first-order chi connectivity index (χ1) is 12.6. The standard InChI is InChI=1S/C17H21ClF3N5O/c1-4-25-8-12(18)13(22-25)9-24(3)16(27)10(2)26-14(11-5-6-11)7-15(23-26)17(19,20)21/h7-8,10-11H,4-6,9H2,1-3H3. The van der Waals surface area contributed by atoms with Crippen LogP contribution in [0.25, 0.3) is 0 Å². The number of hydrogen-bond donors (Lipinski definition) is 0. The van der Waals surface area contributed by atoms with E-state index >= 15 is 0 Å². The Morgan fingerprint density at radius 2 is 2.07 bits per heavy atom. The molecule has 3 rings (SSSR count). The molecule has 1 amide bonds. The van der Waals surface area contributed by atoms with Crippen molar-refractivity contribution >= 4 is 17.5 Å². The lowest BCUT2D eigenvalue weighted by molar-refractivity contribution is -0.142. The van der Waals surface area contributed by atoms with Crippen LogP contribution in [-0.4, -0.2) is 37.4 Å². The molecule has 1 fully saturated rings. The highest BCUT2D eigenvalue weighted by Crippen LogP contribution is 2.43. The molecule has 148 valence electrons. The van der Waals surface area contributed by atoms with Crippen LogP contribution >= 0.6 is 11.6 Å². The van der Waals surface area contributed by atoms with E-state index in [1.165, 1.54) is 9.58 Å². The van der Waals surface area contributed by atoms with Gasteiger partial charge < -0.3 is 4.90 Å². The zero-order valence-corrected chi connectivity index (χ0v) is 16.0. The van der Waals surface area contributed by atoms with Crippen LogP contribution in [0, 0.1) is 0 Å². The lowest BCUT2D eigenvalue weighted by atomic mass is 10.2. The van der Waals surface area contributed by atoms with Crippen molar-refractivity contribution in [3.05, 3.63) is 34.4 Å². The third kappa shape index (κ3) is 4.12. The minimum Gasteiger partial charge on any atom is -0.338 e. The Morgan fingerprint density at radius 1 is 1.41 bits per heavy atom. The maximum absolute atomic E-state index is 13.1. The van der Waals surface area contributed by atoms with Crippen molar-refractivity contribution in [3.63, 3.8) is 0 Å². The van der Waals surface area contributed by atoms with Gasteiger partial charge in [0.15, 0.2) is 5.69 Å². The van der Waals surface area contributed by atoms with Crippen LogP contribution in [0.4, 0.5) is 13.2 Å². The minimum atomic E-state index is -4.54. The molecule has 10 heteroatoms. The molecule has 0 aliphatic heterocycles. The van der Waals surface area contributed by atoms with Gasteiger partial charge in [0, 0.05) is 31.4 Å². The highest BCUT2D eigenvalue weighted by molar-refractivity contribution is 6.31. The Kier molecular flexibility index (Phi) is 5.24. The third-order valence-corrected chi connectivity index (χ3v) is 4.97. The van der Waals surface area contributed by atoms with E-state index in [0.29, 0.717) is 23.0 Å². The normalized spacial score (nSPS) is 15.8. The third-order valence-electron chi connectivity index (χ3n) is 4.65. The average Bonchev–Trinajstić information content (AvgIpc) is 3.24. The maximum atomic E-state index is 13.1. The van der Waals surface area contributed by atoms with Crippen molar-refractivity contribution in [2.24, 2.45) is 0 Å². The predicted molar refractivity (Wildman–Crippen MR) is 93.3 cm³/mol. The van der Waals surface area contributed by atoms with Crippen molar-refractivity contribution < 1.29 is 18.0 Å². The molecule has 2 heterocycles. The topological polar surface area (TPSA) is 56.0 Å². The molecule has 6 nitrogen and oxygen atoms in total. The second-order valence-electron chi connectivity index (χ2n) is 6.82. The second-order valence-corrected chi connectivity index (χ2v) is 7.23. The zero-order valence-electron chi connectivity index (χ0n) is 15.3. The second kappa shape index (κ2) is 7.18. The summed E-state index contributed by atoms with van der Waals surface area (Å²) in [4.78, 5) is 14.2. The van der Waals surface area contributed by atoms with Gasteiger partial charge in [0.2, 0.25) is 5.91 Å². The number of hydrogen-bond acceptors (Lipinski definition) is 3. The number of nitrogens with zero attached hydrogens (tertiary/aromatic N) is 5. The first kappa shape index (κ1) is 19.7. The minimum absolute atomic E-state index is 0.0313. The summed E-state index contributed by atoms with van der Waals surface area (Å²) >= 11 is 6.13. The van der Waals surface area contributed by atoms with Gasteiger partial charge in [-0.25, -0.2) is 0 Å². The molecule has 1 aliphatic carbocycles. The van der Waals surface area contributed by atoms with E-state index in [4.69, 9.17) is 11.6 Å². The van der Waals surface area contributed by atoms with E-state index in [0.717, 1.165) is 18.9 Å². The van der Waals surface area contributed by atoms with Crippen molar-refractivity contribution in [1.82, 2.24) is 24.5 Å². The van der Waals surface area contributed by atoms with E-state index in [1.54, 1.807) is 24.9 Å². The average molecular weight is 404 g/mol. The van der Waals surface area contributed by atoms with E-state index in [1.807, 2.05) is 6.92 Å². The molecular formula is C17H21ClF3N5O. The molecule has 0 saturated heterocycles. The SMILES string of the molecule is CCn1cc(Cl)c(CN(C)C(=O)C(C)n2nc(C(F)(F)F)cc2C2CC2)n1. The van der Waals surface area contributed by atoms with Gasteiger partial charge in [-0.3, -0.25) is 14.2 Å². The maximum Gasteiger partial charge on any atom is 0.435 e. The zero-order chi connectivity index (χ0) is 19.9. The lowest BCUT2D eigenvalue weighted by Crippen LogP contribution is -2.34. The monoisotopic (exact) mass is 403 g/mol. The Bertz CT molecular complexity index is 840. The molecule has 0 radical (unpaired) electrons. The Hall–Kier alpha value is -2.03. The molecule has 0 spiro atoms. The largest absolute Gasteiger partial charge is 0.435 e. The van der Waals surface area contributed by atoms with Crippen molar-refractivity contribution in [1.29, 1.82) is 0 Å². The molecule has 27 heavy (non-hydrogen) atoms. The molecule has 1 atom stereocenters. The van der Waals surface area contributed by atoms with Gasteiger partial charge >= 0.3 is 6.18 Å². The van der Waals surface area contributed by atoms with E-state index in [-0.39, 0.29) is 18.4 Å². The summed E-state index contributed by atoms with van der Waals surface area (Å²) in [5, 5.41) is 8.43. The van der Waals surface area contributed by atoms with Gasteiger partial charge in [-0.1, -0.05) is 11.6 Å². The molecule has 1 saturated carbocycles. The highest BCUT2D eigenvalue weighted by atomic mass is 35.5. The number of alkyl halides is 3. The lowest BCUT2D eigenvalue weighted by Gasteiger charge is -2.22. The van der Waals surface area contributed by atoms with Gasteiger partial charge in [-0.05, 0) is 32.8 Å². The number of likely N-dealkylation sites (N-methyl/N-ethyl adjacent to an activating group) is 1. The predicted octanol–water partition coefficient (Wildman–Crippen LogP) is 3.87. The number of halogens is 4. The summed E-state index contributed by atoms with van der Waals surface area (Å²) < 4.78 is 42.1. The summed E-state index contributed by atoms with van der Waals surface area (Å²) in [6, 6.07) is 0.204. The van der Waals surface area contributed by atoms with Crippen LogP contribution in [0.5, 0.6) is 0 Å². The fourth-order valence-electron chi connectivity index (χ4n) is 2.97. The number of amides is 1. The molecular weight excluding hydrogens is 383 g/mol. The van der Waals surface area contributed by atoms with Crippen molar-refractivity contribution in [2.45, 2.75) is 57.9 Å². The smallest absolute Gasteiger partial charge is 0.338 e. The Morgan fingerprint density at radius 3 is 2.59 bits per heavy atom. The summed E-state index contributed by atoms with van der Waals surface area (Å²) in [6.45, 7) is 4.29. The quantitative estimate of drug-likeness (QED) is 0.735. The van der Waals surface area contributed by atoms with Crippen LogP contribution < -0.4 is 0 Å². The summed E-state index contributed by atoms with van der Waals surface area (Å²) in [5.41, 5.74) is 0.0433. The van der Waals surface area contributed by atoms with E-state index < -0.39 is 17.9 Å². The van der Waals surface area contributed by atoms with Gasteiger partial charge in [0.05, 0.1) is 11.6 Å². The summed E-state index contributed by atoms with van der Waals surface area (Å²) in [7, 11) is 1.57.